The molecule has 0 bridgehead atoms. The Labute approximate surface area is 111 Å². The van der Waals surface area contributed by atoms with Gasteiger partial charge in [0.2, 0.25) is 0 Å². The molecule has 1 unspecified atom stereocenters. The summed E-state index contributed by atoms with van der Waals surface area (Å²) in [5, 5.41) is 1.86. The van der Waals surface area contributed by atoms with Crippen LogP contribution in [-0.2, 0) is 11.3 Å². The van der Waals surface area contributed by atoms with Crippen molar-refractivity contribution in [3.63, 3.8) is 0 Å². The second-order valence-corrected chi connectivity index (χ2v) is 5.22. The fourth-order valence-corrected chi connectivity index (χ4v) is 2.38. The fourth-order valence-electron chi connectivity index (χ4n) is 1.41. The van der Waals surface area contributed by atoms with Crippen molar-refractivity contribution in [1.82, 2.24) is 0 Å². The summed E-state index contributed by atoms with van der Waals surface area (Å²) in [4.78, 5) is 0. The molecule has 1 aromatic carbocycles. The van der Waals surface area contributed by atoms with E-state index in [-0.39, 0.29) is 0 Å². The zero-order valence-corrected chi connectivity index (χ0v) is 11.9. The van der Waals surface area contributed by atoms with E-state index in [2.05, 4.69) is 22.9 Å². The molecule has 1 rings (SSSR count). The summed E-state index contributed by atoms with van der Waals surface area (Å²) in [7, 11) is 0. The van der Waals surface area contributed by atoms with E-state index in [9.17, 15) is 0 Å². The van der Waals surface area contributed by atoms with Crippen LogP contribution in [0, 0.1) is 5.92 Å². The molecule has 0 aromatic heterocycles. The summed E-state index contributed by atoms with van der Waals surface area (Å²) in [5.74, 6) is 0.714. The largest absolute Gasteiger partial charge is 0.377 e. The average molecular weight is 306 g/mol. The molecule has 0 spiro atoms. The van der Waals surface area contributed by atoms with Crippen LogP contribution in [0.2, 0.25) is 5.02 Å². The predicted molar refractivity (Wildman–Crippen MR) is 73.3 cm³/mol. The van der Waals surface area contributed by atoms with Gasteiger partial charge in [0.15, 0.2) is 0 Å². The van der Waals surface area contributed by atoms with Crippen LogP contribution in [0.5, 0.6) is 0 Å². The summed E-state index contributed by atoms with van der Waals surface area (Å²) in [6.45, 7) is 3.67. The Balaban J connectivity index is 2.19. The summed E-state index contributed by atoms with van der Waals surface area (Å²) < 4.78 is 5.62. The highest BCUT2D eigenvalue weighted by molar-refractivity contribution is 9.09. The Hall–Kier alpha value is -0.0500. The summed E-state index contributed by atoms with van der Waals surface area (Å²) in [5.41, 5.74) is 1.07. The second-order valence-electron chi connectivity index (χ2n) is 4.02. The minimum Gasteiger partial charge on any atom is -0.377 e. The van der Waals surface area contributed by atoms with Gasteiger partial charge in [-0.2, -0.15) is 0 Å². The molecule has 0 saturated heterocycles. The zero-order chi connectivity index (χ0) is 11.8. The van der Waals surface area contributed by atoms with Crippen molar-refractivity contribution in [2.75, 3.05) is 11.9 Å². The number of benzene rings is 1. The Kier molecular flexibility index (Phi) is 7.10. The Morgan fingerprint density at radius 2 is 2.06 bits per heavy atom. The first-order valence-electron chi connectivity index (χ1n) is 5.61. The highest BCUT2D eigenvalue weighted by atomic mass is 79.9. The number of hydrogen-bond donors (Lipinski definition) is 0. The lowest BCUT2D eigenvalue weighted by Gasteiger charge is -2.10. The van der Waals surface area contributed by atoms with Crippen molar-refractivity contribution in [3.8, 4) is 0 Å². The van der Waals surface area contributed by atoms with Crippen LogP contribution in [0.3, 0.4) is 0 Å². The van der Waals surface area contributed by atoms with Crippen molar-refractivity contribution in [1.29, 1.82) is 0 Å². The molecule has 16 heavy (non-hydrogen) atoms. The monoisotopic (exact) mass is 304 g/mol. The van der Waals surface area contributed by atoms with Crippen molar-refractivity contribution in [2.45, 2.75) is 26.4 Å². The molecule has 0 heterocycles. The van der Waals surface area contributed by atoms with Gasteiger partial charge in [-0.05, 0) is 30.4 Å². The maximum absolute atomic E-state index is 6.03. The van der Waals surface area contributed by atoms with Crippen LogP contribution in [0.25, 0.3) is 0 Å². The Morgan fingerprint density at radius 1 is 1.31 bits per heavy atom. The van der Waals surface area contributed by atoms with Gasteiger partial charge >= 0.3 is 0 Å². The van der Waals surface area contributed by atoms with E-state index in [0.717, 1.165) is 28.9 Å². The van der Waals surface area contributed by atoms with Crippen molar-refractivity contribution in [3.05, 3.63) is 34.9 Å². The van der Waals surface area contributed by atoms with Crippen LogP contribution >= 0.6 is 27.5 Å². The fraction of sp³-hybridized carbons (Fsp3) is 0.538. The normalized spacial score (nSPS) is 12.7. The SMILES string of the molecule is CC(CCBr)CCOCc1ccccc1Cl. The lowest BCUT2D eigenvalue weighted by atomic mass is 10.1. The van der Waals surface area contributed by atoms with Crippen LogP contribution in [-0.4, -0.2) is 11.9 Å². The van der Waals surface area contributed by atoms with Crippen LogP contribution in [0.4, 0.5) is 0 Å². The van der Waals surface area contributed by atoms with E-state index < -0.39 is 0 Å². The average Bonchev–Trinajstić information content (AvgIpc) is 2.27. The smallest absolute Gasteiger partial charge is 0.0731 e. The van der Waals surface area contributed by atoms with Crippen LogP contribution < -0.4 is 0 Å². The topological polar surface area (TPSA) is 9.23 Å². The molecule has 0 saturated carbocycles. The Bertz CT molecular complexity index is 304. The molecule has 3 heteroatoms. The molecule has 0 amide bonds. The first-order valence-corrected chi connectivity index (χ1v) is 7.11. The maximum atomic E-state index is 6.03. The van der Waals surface area contributed by atoms with Gasteiger partial charge in [-0.1, -0.05) is 52.7 Å². The van der Waals surface area contributed by atoms with Gasteiger partial charge in [-0.15, -0.1) is 0 Å². The Morgan fingerprint density at radius 3 is 2.75 bits per heavy atom. The molecule has 0 aliphatic rings. The predicted octanol–water partition coefficient (Wildman–Crippen LogP) is 4.67. The number of halogens is 2. The third-order valence-electron chi connectivity index (χ3n) is 2.57. The first kappa shape index (κ1) is 14.0. The molecular weight excluding hydrogens is 287 g/mol. The van der Waals surface area contributed by atoms with Gasteiger partial charge in [-0.3, -0.25) is 0 Å². The standard InChI is InChI=1S/C13H18BrClO/c1-11(6-8-14)7-9-16-10-12-4-2-3-5-13(12)15/h2-5,11H,6-10H2,1H3. The van der Waals surface area contributed by atoms with E-state index in [1.54, 1.807) is 0 Å². The third-order valence-corrected chi connectivity index (χ3v) is 3.40. The minimum atomic E-state index is 0.612. The highest BCUT2D eigenvalue weighted by Crippen LogP contribution is 2.16. The van der Waals surface area contributed by atoms with E-state index in [1.807, 2.05) is 24.3 Å². The number of ether oxygens (including phenoxy) is 1. The van der Waals surface area contributed by atoms with Crippen molar-refractivity contribution >= 4 is 27.5 Å². The van der Waals surface area contributed by atoms with Crippen molar-refractivity contribution < 1.29 is 4.74 Å². The molecule has 90 valence electrons. The van der Waals surface area contributed by atoms with Crippen LogP contribution in [0.15, 0.2) is 24.3 Å². The lowest BCUT2D eigenvalue weighted by molar-refractivity contribution is 0.109. The van der Waals surface area contributed by atoms with Crippen LogP contribution in [0.1, 0.15) is 25.3 Å². The molecular formula is C13H18BrClO. The van der Waals surface area contributed by atoms with Gasteiger partial charge < -0.3 is 4.74 Å². The highest BCUT2D eigenvalue weighted by Gasteiger charge is 2.02. The molecule has 1 aromatic rings. The van der Waals surface area contributed by atoms with Gasteiger partial charge in [0.05, 0.1) is 6.61 Å². The van der Waals surface area contributed by atoms with E-state index in [0.29, 0.717) is 12.5 Å². The summed E-state index contributed by atoms with van der Waals surface area (Å²) in [6.07, 6.45) is 2.31. The van der Waals surface area contributed by atoms with E-state index >= 15 is 0 Å². The number of alkyl halides is 1. The summed E-state index contributed by atoms with van der Waals surface area (Å²) in [6, 6.07) is 7.82. The molecule has 0 aliphatic carbocycles. The molecule has 0 fully saturated rings. The zero-order valence-electron chi connectivity index (χ0n) is 9.59. The maximum Gasteiger partial charge on any atom is 0.0731 e. The molecule has 0 radical (unpaired) electrons. The molecule has 1 nitrogen and oxygen atoms in total. The van der Waals surface area contributed by atoms with Gasteiger partial charge in [-0.25, -0.2) is 0 Å². The quantitative estimate of drug-likeness (QED) is 0.525. The van der Waals surface area contributed by atoms with E-state index in [4.69, 9.17) is 16.3 Å². The summed E-state index contributed by atoms with van der Waals surface area (Å²) >= 11 is 9.48. The van der Waals surface area contributed by atoms with E-state index in [1.165, 1.54) is 6.42 Å². The van der Waals surface area contributed by atoms with Crippen molar-refractivity contribution in [2.24, 2.45) is 5.92 Å². The molecule has 1 atom stereocenters. The minimum absolute atomic E-state index is 0.612. The van der Waals surface area contributed by atoms with Gasteiger partial charge in [0.25, 0.3) is 0 Å². The molecule has 0 aliphatic heterocycles. The van der Waals surface area contributed by atoms with Gasteiger partial charge in [0, 0.05) is 17.0 Å². The first-order chi connectivity index (χ1) is 7.74. The lowest BCUT2D eigenvalue weighted by Crippen LogP contribution is -2.03. The number of hydrogen-bond acceptors (Lipinski definition) is 1. The molecule has 0 N–H and O–H groups in total. The second kappa shape index (κ2) is 8.10. The third kappa shape index (κ3) is 5.33. The van der Waals surface area contributed by atoms with Gasteiger partial charge in [0.1, 0.15) is 0 Å². The number of rotatable bonds is 7.